The molecular formula is C24H23N3O2. The summed E-state index contributed by atoms with van der Waals surface area (Å²) in [4.78, 5) is 15.2. The van der Waals surface area contributed by atoms with Gasteiger partial charge in [0, 0.05) is 42.3 Å². The molecule has 3 aromatic rings. The molecule has 29 heavy (non-hydrogen) atoms. The van der Waals surface area contributed by atoms with Gasteiger partial charge in [0.15, 0.2) is 5.78 Å². The summed E-state index contributed by atoms with van der Waals surface area (Å²) in [6.45, 7) is 2.53. The van der Waals surface area contributed by atoms with Gasteiger partial charge in [0.05, 0.1) is 19.0 Å². The summed E-state index contributed by atoms with van der Waals surface area (Å²) in [6, 6.07) is 17.3. The molecular weight excluding hydrogens is 362 g/mol. The molecule has 0 spiro atoms. The number of carbonyl (C=O) groups is 1. The van der Waals surface area contributed by atoms with Crippen molar-refractivity contribution >= 4 is 22.3 Å². The number of fused-ring (bicyclic) bond motifs is 1. The number of Topliss-reactive ketones (excluding diaryl/α,β-unsaturated/α-hetero) is 1. The van der Waals surface area contributed by atoms with Gasteiger partial charge in [-0.3, -0.25) is 9.69 Å². The molecule has 0 bridgehead atoms. The molecule has 2 aromatic carbocycles. The fourth-order valence-corrected chi connectivity index (χ4v) is 3.91. The zero-order chi connectivity index (χ0) is 20.2. The van der Waals surface area contributed by atoms with Crippen LogP contribution < -0.4 is 0 Å². The molecule has 2 heterocycles. The fraction of sp³-hybridized carbons (Fsp3) is 0.250. The van der Waals surface area contributed by atoms with E-state index in [1.807, 2.05) is 47.2 Å². The molecule has 0 unspecified atom stereocenters. The van der Waals surface area contributed by atoms with Crippen molar-refractivity contribution < 1.29 is 9.90 Å². The number of nitriles is 1. The minimum Gasteiger partial charge on any atom is -0.508 e. The number of ketones is 1. The second-order valence-corrected chi connectivity index (χ2v) is 7.35. The maximum Gasteiger partial charge on any atom is 0.178 e. The zero-order valence-electron chi connectivity index (χ0n) is 16.2. The summed E-state index contributed by atoms with van der Waals surface area (Å²) in [7, 11) is 0. The van der Waals surface area contributed by atoms with Gasteiger partial charge in [-0.15, -0.1) is 0 Å². The van der Waals surface area contributed by atoms with Gasteiger partial charge in [-0.05, 0) is 35.8 Å². The fourth-order valence-electron chi connectivity index (χ4n) is 3.91. The van der Waals surface area contributed by atoms with E-state index < -0.39 is 0 Å². The molecule has 0 amide bonds. The van der Waals surface area contributed by atoms with Gasteiger partial charge in [-0.25, -0.2) is 0 Å². The van der Waals surface area contributed by atoms with E-state index in [2.05, 4.69) is 17.0 Å². The Morgan fingerprint density at radius 3 is 2.66 bits per heavy atom. The van der Waals surface area contributed by atoms with Crippen LogP contribution in [0.4, 0.5) is 0 Å². The van der Waals surface area contributed by atoms with E-state index in [1.165, 1.54) is 5.57 Å². The Kier molecular flexibility index (Phi) is 5.46. The van der Waals surface area contributed by atoms with Crippen LogP contribution in [0.2, 0.25) is 0 Å². The van der Waals surface area contributed by atoms with Crippen LogP contribution >= 0.6 is 0 Å². The van der Waals surface area contributed by atoms with Crippen molar-refractivity contribution in [2.24, 2.45) is 0 Å². The average molecular weight is 385 g/mol. The highest BCUT2D eigenvalue weighted by Crippen LogP contribution is 2.25. The van der Waals surface area contributed by atoms with Gasteiger partial charge in [0.25, 0.3) is 0 Å². The van der Waals surface area contributed by atoms with Crippen molar-refractivity contribution in [1.29, 1.82) is 5.26 Å². The third kappa shape index (κ3) is 4.08. The minimum absolute atomic E-state index is 0.110. The van der Waals surface area contributed by atoms with Crippen molar-refractivity contribution in [1.82, 2.24) is 9.47 Å². The standard InChI is InChI=1S/C24H23N3O2/c25-12-3-13-27-16-22(21-4-1-2-5-23(21)27)24(29)17-26-14-10-19(11-15-26)18-6-8-20(28)9-7-18/h1-2,4-10,16,28H,3,11,13-15,17H2. The Balaban J connectivity index is 1.48. The number of para-hydroxylation sites is 1. The molecule has 0 aliphatic carbocycles. The maximum atomic E-state index is 13.0. The molecule has 1 aliphatic rings. The topological polar surface area (TPSA) is 69.3 Å². The monoisotopic (exact) mass is 385 g/mol. The summed E-state index contributed by atoms with van der Waals surface area (Å²) in [6.07, 6.45) is 5.36. The van der Waals surface area contributed by atoms with Gasteiger partial charge in [-0.1, -0.05) is 36.4 Å². The number of nitrogens with zero attached hydrogens (tertiary/aromatic N) is 3. The van der Waals surface area contributed by atoms with Crippen molar-refractivity contribution in [2.75, 3.05) is 19.6 Å². The van der Waals surface area contributed by atoms with Gasteiger partial charge in [-0.2, -0.15) is 5.26 Å². The summed E-state index contributed by atoms with van der Waals surface area (Å²) in [5.74, 6) is 0.379. The smallest absolute Gasteiger partial charge is 0.178 e. The highest BCUT2D eigenvalue weighted by atomic mass is 16.3. The van der Waals surface area contributed by atoms with E-state index in [9.17, 15) is 9.90 Å². The largest absolute Gasteiger partial charge is 0.508 e. The van der Waals surface area contributed by atoms with E-state index >= 15 is 0 Å². The number of carbonyl (C=O) groups excluding carboxylic acids is 1. The second-order valence-electron chi connectivity index (χ2n) is 7.35. The van der Waals surface area contributed by atoms with E-state index in [4.69, 9.17) is 5.26 Å². The summed E-state index contributed by atoms with van der Waals surface area (Å²) in [5, 5.41) is 19.3. The third-order valence-electron chi connectivity index (χ3n) is 5.45. The van der Waals surface area contributed by atoms with Crippen molar-refractivity contribution in [3.05, 3.63) is 71.9 Å². The van der Waals surface area contributed by atoms with Crippen LogP contribution in [0.15, 0.2) is 60.8 Å². The average Bonchev–Trinajstić information content (AvgIpc) is 3.12. The predicted octanol–water partition coefficient (Wildman–Crippen LogP) is 4.23. The van der Waals surface area contributed by atoms with Crippen molar-refractivity contribution in [3.8, 4) is 11.8 Å². The molecule has 0 atom stereocenters. The van der Waals surface area contributed by atoms with Crippen LogP contribution in [0.3, 0.4) is 0 Å². The van der Waals surface area contributed by atoms with Gasteiger partial charge >= 0.3 is 0 Å². The van der Waals surface area contributed by atoms with Crippen LogP contribution in [-0.4, -0.2) is 40.0 Å². The van der Waals surface area contributed by atoms with Crippen LogP contribution in [0.25, 0.3) is 16.5 Å². The Bertz CT molecular complexity index is 1100. The highest BCUT2D eigenvalue weighted by molar-refractivity contribution is 6.09. The van der Waals surface area contributed by atoms with Gasteiger partial charge in [0.1, 0.15) is 5.75 Å². The lowest BCUT2D eigenvalue weighted by molar-refractivity contribution is 0.0939. The van der Waals surface area contributed by atoms with Crippen LogP contribution in [0, 0.1) is 11.3 Å². The lowest BCUT2D eigenvalue weighted by Crippen LogP contribution is -2.33. The number of benzene rings is 2. The Morgan fingerprint density at radius 2 is 1.93 bits per heavy atom. The van der Waals surface area contributed by atoms with Crippen LogP contribution in [0.5, 0.6) is 5.75 Å². The zero-order valence-corrected chi connectivity index (χ0v) is 16.2. The molecule has 0 saturated heterocycles. The van der Waals surface area contributed by atoms with Crippen molar-refractivity contribution in [2.45, 2.75) is 19.4 Å². The molecule has 5 heteroatoms. The third-order valence-corrected chi connectivity index (χ3v) is 5.45. The quantitative estimate of drug-likeness (QED) is 0.645. The molecule has 1 aromatic heterocycles. The first-order valence-corrected chi connectivity index (χ1v) is 9.84. The van der Waals surface area contributed by atoms with E-state index in [-0.39, 0.29) is 11.5 Å². The SMILES string of the molecule is N#CCCn1cc(C(=O)CN2CC=C(c3ccc(O)cc3)CC2)c2ccccc21. The lowest BCUT2D eigenvalue weighted by atomic mass is 9.99. The Morgan fingerprint density at radius 1 is 1.14 bits per heavy atom. The molecule has 0 fully saturated rings. The molecule has 1 aliphatic heterocycles. The highest BCUT2D eigenvalue weighted by Gasteiger charge is 2.20. The second kappa shape index (κ2) is 8.34. The van der Waals surface area contributed by atoms with E-state index in [1.54, 1.807) is 12.1 Å². The number of aromatic nitrogens is 1. The van der Waals surface area contributed by atoms with E-state index in [0.29, 0.717) is 19.5 Å². The van der Waals surface area contributed by atoms with Gasteiger partial charge < -0.3 is 9.67 Å². The lowest BCUT2D eigenvalue weighted by Gasteiger charge is -2.25. The molecule has 0 saturated carbocycles. The summed E-state index contributed by atoms with van der Waals surface area (Å²) >= 11 is 0. The number of rotatable bonds is 6. The first kappa shape index (κ1) is 19.0. The number of aryl methyl sites for hydroxylation is 1. The number of hydrogen-bond donors (Lipinski definition) is 1. The summed E-state index contributed by atoms with van der Waals surface area (Å²) < 4.78 is 2.00. The Labute approximate surface area is 170 Å². The Hall–Kier alpha value is -3.36. The normalized spacial score (nSPS) is 14.5. The maximum absolute atomic E-state index is 13.0. The number of phenols is 1. The summed E-state index contributed by atoms with van der Waals surface area (Å²) in [5.41, 5.74) is 4.10. The molecule has 146 valence electrons. The van der Waals surface area contributed by atoms with Crippen LogP contribution in [0.1, 0.15) is 28.8 Å². The minimum atomic E-state index is 0.110. The van der Waals surface area contributed by atoms with Crippen molar-refractivity contribution in [3.63, 3.8) is 0 Å². The van der Waals surface area contributed by atoms with Crippen LogP contribution in [-0.2, 0) is 6.54 Å². The van der Waals surface area contributed by atoms with E-state index in [0.717, 1.165) is 41.5 Å². The number of hydrogen-bond acceptors (Lipinski definition) is 4. The number of phenolic OH excluding ortho intramolecular Hbond substituents is 1. The molecule has 5 nitrogen and oxygen atoms in total. The van der Waals surface area contributed by atoms with Gasteiger partial charge in [0.2, 0.25) is 0 Å². The first-order valence-electron chi connectivity index (χ1n) is 9.84. The predicted molar refractivity (Wildman–Crippen MR) is 114 cm³/mol. The molecule has 1 N–H and O–H groups in total. The number of aromatic hydroxyl groups is 1. The molecule has 4 rings (SSSR count). The molecule has 0 radical (unpaired) electrons. The first-order chi connectivity index (χ1) is 14.2.